The molecule has 0 fully saturated rings. The average molecular weight is 290 g/mol. The minimum atomic E-state index is 0.0766. The molecule has 2 N–H and O–H groups in total. The van der Waals surface area contributed by atoms with Crippen molar-refractivity contribution in [1.29, 1.82) is 0 Å². The number of halogens is 1. The first-order valence-corrected chi connectivity index (χ1v) is 6.35. The van der Waals surface area contributed by atoms with E-state index in [2.05, 4.69) is 25.6 Å². The smallest absolute Gasteiger partial charge is 0.229 e. The van der Waals surface area contributed by atoms with Crippen molar-refractivity contribution in [1.82, 2.24) is 15.0 Å². The Morgan fingerprint density at radius 3 is 1.74 bits per heavy atom. The molecule has 19 heavy (non-hydrogen) atoms. The molecule has 8 heteroatoms. The Balaban J connectivity index is 2.70. The minimum absolute atomic E-state index is 0.0766. The molecule has 0 amide bonds. The van der Waals surface area contributed by atoms with E-state index in [1.54, 1.807) is 14.2 Å². The fraction of sp³-hybridized carbons (Fsp3) is 0.727. The lowest BCUT2D eigenvalue weighted by Gasteiger charge is -2.15. The normalized spacial score (nSPS) is 13.9. The monoisotopic (exact) mass is 289 g/mol. The molecule has 1 rings (SSSR count). The van der Waals surface area contributed by atoms with Crippen molar-refractivity contribution >= 4 is 23.5 Å². The van der Waals surface area contributed by atoms with Crippen LogP contribution in [0.4, 0.5) is 11.9 Å². The van der Waals surface area contributed by atoms with Gasteiger partial charge in [-0.25, -0.2) is 0 Å². The molecule has 1 heterocycles. The summed E-state index contributed by atoms with van der Waals surface area (Å²) < 4.78 is 10.1. The topological polar surface area (TPSA) is 81.2 Å². The first-order valence-electron chi connectivity index (χ1n) is 5.97. The second-order valence-electron chi connectivity index (χ2n) is 4.25. The first-order chi connectivity index (χ1) is 9.05. The van der Waals surface area contributed by atoms with E-state index in [1.165, 1.54) is 0 Å². The maximum absolute atomic E-state index is 5.87. The van der Waals surface area contributed by atoms with Crippen molar-refractivity contribution in [3.8, 4) is 0 Å². The molecule has 0 aliphatic rings. The molecule has 2 atom stereocenters. The number of rotatable bonds is 8. The van der Waals surface area contributed by atoms with Gasteiger partial charge in [-0.1, -0.05) is 0 Å². The van der Waals surface area contributed by atoms with Crippen LogP contribution >= 0.6 is 11.6 Å². The molecule has 0 bridgehead atoms. The SMILES string of the molecule is COCC(C)Nc1nc(Cl)nc(NC(C)COC)n1. The number of ether oxygens (including phenoxy) is 2. The van der Waals surface area contributed by atoms with Gasteiger partial charge in [-0.15, -0.1) is 0 Å². The zero-order valence-electron chi connectivity index (χ0n) is 11.6. The minimum Gasteiger partial charge on any atom is -0.383 e. The number of nitrogens with zero attached hydrogens (tertiary/aromatic N) is 3. The standard InChI is InChI=1S/C11H20ClN5O2/c1-7(5-18-3)13-10-15-9(12)16-11(17-10)14-8(2)6-19-4/h7-8H,5-6H2,1-4H3,(H2,13,14,15,16,17). The number of anilines is 2. The molecular formula is C11H20ClN5O2. The Labute approximate surface area is 118 Å². The molecule has 7 nitrogen and oxygen atoms in total. The van der Waals surface area contributed by atoms with Crippen LogP contribution in [0.25, 0.3) is 0 Å². The highest BCUT2D eigenvalue weighted by Crippen LogP contribution is 2.11. The van der Waals surface area contributed by atoms with Crippen molar-refractivity contribution in [2.45, 2.75) is 25.9 Å². The molecule has 108 valence electrons. The Morgan fingerprint density at radius 2 is 1.37 bits per heavy atom. The summed E-state index contributed by atoms with van der Waals surface area (Å²) in [6.45, 7) is 5.02. The van der Waals surface area contributed by atoms with E-state index >= 15 is 0 Å². The van der Waals surface area contributed by atoms with Crippen LogP contribution in [0.1, 0.15) is 13.8 Å². The zero-order chi connectivity index (χ0) is 14.3. The number of aromatic nitrogens is 3. The van der Waals surface area contributed by atoms with Crippen LogP contribution in [0.2, 0.25) is 5.28 Å². The summed E-state index contributed by atoms with van der Waals surface area (Å²) in [4.78, 5) is 12.3. The molecule has 0 saturated carbocycles. The van der Waals surface area contributed by atoms with Crippen molar-refractivity contribution in [3.63, 3.8) is 0 Å². The van der Waals surface area contributed by atoms with E-state index in [0.717, 1.165) is 0 Å². The molecule has 0 aromatic carbocycles. The van der Waals surface area contributed by atoms with E-state index in [-0.39, 0.29) is 17.4 Å². The molecule has 1 aromatic rings. The van der Waals surface area contributed by atoms with Crippen LogP contribution in [-0.2, 0) is 9.47 Å². The second kappa shape index (κ2) is 8.08. The van der Waals surface area contributed by atoms with Gasteiger partial charge < -0.3 is 20.1 Å². The van der Waals surface area contributed by atoms with E-state index in [9.17, 15) is 0 Å². The van der Waals surface area contributed by atoms with Gasteiger partial charge in [0.15, 0.2) is 0 Å². The predicted molar refractivity (Wildman–Crippen MR) is 74.8 cm³/mol. The van der Waals surface area contributed by atoms with Gasteiger partial charge in [0.25, 0.3) is 0 Å². The van der Waals surface area contributed by atoms with Crippen LogP contribution in [0.3, 0.4) is 0 Å². The predicted octanol–water partition coefficient (Wildman–Crippen LogP) is 1.42. The van der Waals surface area contributed by atoms with Crippen LogP contribution < -0.4 is 10.6 Å². The van der Waals surface area contributed by atoms with Gasteiger partial charge in [0, 0.05) is 26.3 Å². The van der Waals surface area contributed by atoms with Crippen molar-refractivity contribution in [2.75, 3.05) is 38.1 Å². The highest BCUT2D eigenvalue weighted by atomic mass is 35.5. The molecule has 0 aliphatic carbocycles. The summed E-state index contributed by atoms with van der Waals surface area (Å²) >= 11 is 5.87. The third-order valence-electron chi connectivity index (χ3n) is 2.19. The lowest BCUT2D eigenvalue weighted by atomic mass is 10.4. The van der Waals surface area contributed by atoms with Crippen LogP contribution in [0, 0.1) is 0 Å². The van der Waals surface area contributed by atoms with E-state index in [1.807, 2.05) is 13.8 Å². The summed E-state index contributed by atoms with van der Waals surface area (Å²) in [5.74, 6) is 0.827. The third-order valence-corrected chi connectivity index (χ3v) is 2.36. The van der Waals surface area contributed by atoms with Crippen LogP contribution in [0.5, 0.6) is 0 Å². The summed E-state index contributed by atoms with van der Waals surface area (Å²) in [6.07, 6.45) is 0. The quantitative estimate of drug-likeness (QED) is 0.749. The average Bonchev–Trinajstić information content (AvgIpc) is 2.28. The van der Waals surface area contributed by atoms with Gasteiger partial charge in [-0.05, 0) is 25.4 Å². The number of methoxy groups -OCH3 is 2. The maximum atomic E-state index is 5.87. The van der Waals surface area contributed by atoms with Crippen molar-refractivity contribution in [2.24, 2.45) is 0 Å². The van der Waals surface area contributed by atoms with Crippen molar-refractivity contribution in [3.05, 3.63) is 5.28 Å². The van der Waals surface area contributed by atoms with Gasteiger partial charge in [0.1, 0.15) is 0 Å². The number of hydrogen-bond acceptors (Lipinski definition) is 7. The van der Waals surface area contributed by atoms with Gasteiger partial charge in [0.2, 0.25) is 17.2 Å². The van der Waals surface area contributed by atoms with Crippen LogP contribution in [0.15, 0.2) is 0 Å². The summed E-state index contributed by atoms with van der Waals surface area (Å²) in [7, 11) is 3.27. The fourth-order valence-corrected chi connectivity index (χ4v) is 1.66. The Hall–Kier alpha value is -1.18. The van der Waals surface area contributed by atoms with Crippen molar-refractivity contribution < 1.29 is 9.47 Å². The summed E-state index contributed by atoms with van der Waals surface area (Å²) in [5, 5.41) is 6.31. The highest BCUT2D eigenvalue weighted by Gasteiger charge is 2.10. The van der Waals surface area contributed by atoms with E-state index in [0.29, 0.717) is 25.1 Å². The number of hydrogen-bond donors (Lipinski definition) is 2. The molecule has 0 spiro atoms. The summed E-state index contributed by atoms with van der Waals surface area (Å²) in [5.41, 5.74) is 0. The number of nitrogens with one attached hydrogen (secondary N) is 2. The molecule has 0 aliphatic heterocycles. The van der Waals surface area contributed by atoms with Gasteiger partial charge in [-0.3, -0.25) is 0 Å². The Kier molecular flexibility index (Phi) is 6.75. The first kappa shape index (κ1) is 15.9. The lowest BCUT2D eigenvalue weighted by molar-refractivity contribution is 0.190. The molecule has 2 unspecified atom stereocenters. The molecule has 0 saturated heterocycles. The highest BCUT2D eigenvalue weighted by molar-refractivity contribution is 6.28. The Bertz CT molecular complexity index is 361. The van der Waals surface area contributed by atoms with E-state index < -0.39 is 0 Å². The van der Waals surface area contributed by atoms with Gasteiger partial charge in [0.05, 0.1) is 13.2 Å². The maximum Gasteiger partial charge on any atom is 0.229 e. The lowest BCUT2D eigenvalue weighted by Crippen LogP contribution is -2.25. The fourth-order valence-electron chi connectivity index (χ4n) is 1.50. The second-order valence-corrected chi connectivity index (χ2v) is 4.59. The summed E-state index contributed by atoms with van der Waals surface area (Å²) in [6, 6.07) is 0.153. The molecule has 1 aromatic heterocycles. The Morgan fingerprint density at radius 1 is 0.947 bits per heavy atom. The largest absolute Gasteiger partial charge is 0.383 e. The van der Waals surface area contributed by atoms with Gasteiger partial charge in [-0.2, -0.15) is 15.0 Å². The third kappa shape index (κ3) is 6.00. The van der Waals surface area contributed by atoms with E-state index in [4.69, 9.17) is 21.1 Å². The van der Waals surface area contributed by atoms with Gasteiger partial charge >= 0.3 is 0 Å². The van der Waals surface area contributed by atoms with Crippen LogP contribution in [-0.4, -0.2) is 54.5 Å². The molecular weight excluding hydrogens is 270 g/mol. The molecule has 0 radical (unpaired) electrons. The zero-order valence-corrected chi connectivity index (χ0v) is 12.4.